The zero-order valence-corrected chi connectivity index (χ0v) is 8.97. The van der Waals surface area contributed by atoms with Gasteiger partial charge in [0.25, 0.3) is 0 Å². The van der Waals surface area contributed by atoms with E-state index in [1.54, 1.807) is 13.0 Å². The summed E-state index contributed by atoms with van der Waals surface area (Å²) in [4.78, 5) is 10.7. The van der Waals surface area contributed by atoms with Crippen molar-refractivity contribution in [3.63, 3.8) is 0 Å². The van der Waals surface area contributed by atoms with E-state index in [1.165, 1.54) is 6.08 Å². The lowest BCUT2D eigenvalue weighted by Crippen LogP contribution is -2.22. The Balaban J connectivity index is 0. The van der Waals surface area contributed by atoms with Gasteiger partial charge in [-0.05, 0) is 27.7 Å². The Kier molecular flexibility index (Phi) is 7.91. The summed E-state index contributed by atoms with van der Waals surface area (Å²) in [6.45, 7) is 11.3. The number of carbonyl (C=O) groups is 1. The Morgan fingerprint density at radius 1 is 1.25 bits per heavy atom. The fourth-order valence-electron chi connectivity index (χ4n) is 0.472. The summed E-state index contributed by atoms with van der Waals surface area (Å²) in [5.74, 6) is -0.282. The first kappa shape index (κ1) is 13.8. The van der Waals surface area contributed by atoms with Crippen LogP contribution in [0.2, 0.25) is 0 Å². The van der Waals surface area contributed by atoms with Crippen LogP contribution in [0.4, 0.5) is 0 Å². The third kappa shape index (κ3) is 11.9. The van der Waals surface area contributed by atoms with Crippen molar-refractivity contribution in [2.75, 3.05) is 0 Å². The van der Waals surface area contributed by atoms with Crippen molar-refractivity contribution in [2.45, 2.75) is 47.1 Å². The Hall–Kier alpha value is -0.790. The first-order valence-electron chi connectivity index (χ1n) is 4.31. The van der Waals surface area contributed by atoms with Gasteiger partial charge in [-0.25, -0.2) is 4.79 Å². The van der Waals surface area contributed by atoms with Crippen LogP contribution >= 0.6 is 0 Å². The summed E-state index contributed by atoms with van der Waals surface area (Å²) in [5.41, 5.74) is -0.378. The molecule has 0 unspecified atom stereocenters. The molecule has 0 aliphatic heterocycles. The zero-order valence-electron chi connectivity index (χ0n) is 8.97. The zero-order chi connectivity index (χ0) is 10.2. The average Bonchev–Trinajstić information content (AvgIpc) is 1.88. The smallest absolute Gasteiger partial charge is 0.330 e. The molecule has 0 aromatic heterocycles. The first-order valence-corrected chi connectivity index (χ1v) is 4.31. The third-order valence-corrected chi connectivity index (χ3v) is 0.710. The molecule has 0 saturated heterocycles. The molecule has 72 valence electrons. The summed E-state index contributed by atoms with van der Waals surface area (Å²) in [6, 6.07) is 0. The molecule has 2 heteroatoms. The maximum atomic E-state index is 10.7. The average molecular weight is 172 g/mol. The van der Waals surface area contributed by atoms with Crippen molar-refractivity contribution >= 4 is 5.97 Å². The quantitative estimate of drug-likeness (QED) is 0.449. The maximum Gasteiger partial charge on any atom is 0.330 e. The van der Waals surface area contributed by atoms with Crippen LogP contribution in [0.1, 0.15) is 41.5 Å². The van der Waals surface area contributed by atoms with Crippen molar-refractivity contribution in [1.82, 2.24) is 0 Å². The molecule has 0 aromatic rings. The Morgan fingerprint density at radius 3 is 1.92 bits per heavy atom. The van der Waals surface area contributed by atoms with Gasteiger partial charge in [-0.3, -0.25) is 0 Å². The molecule has 12 heavy (non-hydrogen) atoms. The van der Waals surface area contributed by atoms with E-state index in [-0.39, 0.29) is 11.6 Å². The van der Waals surface area contributed by atoms with Gasteiger partial charge in [0.05, 0.1) is 0 Å². The second-order valence-electron chi connectivity index (χ2n) is 3.03. The van der Waals surface area contributed by atoms with E-state index >= 15 is 0 Å². The molecule has 0 aliphatic carbocycles. The second kappa shape index (κ2) is 6.89. The molecule has 0 bridgehead atoms. The fourth-order valence-corrected chi connectivity index (χ4v) is 0.472. The standard InChI is InChI=1S/C8H14O2.C2H6/c1-5-6-7(9)10-8(2,3)4;1-2/h5-6H,1-4H3;1-2H3/b6-5+;. The summed E-state index contributed by atoms with van der Waals surface area (Å²) in [5, 5.41) is 0. The number of hydrogen-bond acceptors (Lipinski definition) is 2. The van der Waals surface area contributed by atoms with Gasteiger partial charge in [-0.1, -0.05) is 19.9 Å². The Morgan fingerprint density at radius 2 is 1.67 bits per heavy atom. The topological polar surface area (TPSA) is 26.3 Å². The monoisotopic (exact) mass is 172 g/mol. The van der Waals surface area contributed by atoms with Gasteiger partial charge in [0.1, 0.15) is 5.60 Å². The molecule has 0 spiro atoms. The lowest BCUT2D eigenvalue weighted by Gasteiger charge is -2.17. The van der Waals surface area contributed by atoms with Crippen LogP contribution in [0.15, 0.2) is 12.2 Å². The van der Waals surface area contributed by atoms with Gasteiger partial charge in [0.15, 0.2) is 0 Å². The second-order valence-corrected chi connectivity index (χ2v) is 3.03. The minimum Gasteiger partial charge on any atom is -0.457 e. The van der Waals surface area contributed by atoms with Crippen LogP contribution in [0.25, 0.3) is 0 Å². The Labute approximate surface area is 75.6 Å². The summed E-state index contributed by atoms with van der Waals surface area (Å²) in [6.07, 6.45) is 3.07. The molecular formula is C10H20O2. The summed E-state index contributed by atoms with van der Waals surface area (Å²) < 4.78 is 4.95. The van der Waals surface area contributed by atoms with E-state index in [9.17, 15) is 4.79 Å². The number of allylic oxidation sites excluding steroid dienone is 1. The molecule has 2 nitrogen and oxygen atoms in total. The molecule has 0 amide bonds. The molecule has 0 N–H and O–H groups in total. The van der Waals surface area contributed by atoms with E-state index in [1.807, 2.05) is 34.6 Å². The van der Waals surface area contributed by atoms with Gasteiger partial charge in [0, 0.05) is 6.08 Å². The number of carbonyl (C=O) groups excluding carboxylic acids is 1. The molecule has 0 fully saturated rings. The molecule has 0 aromatic carbocycles. The van der Waals surface area contributed by atoms with E-state index in [2.05, 4.69) is 0 Å². The molecular weight excluding hydrogens is 152 g/mol. The van der Waals surface area contributed by atoms with E-state index in [0.29, 0.717) is 0 Å². The number of rotatable bonds is 1. The number of hydrogen-bond donors (Lipinski definition) is 0. The van der Waals surface area contributed by atoms with Crippen LogP contribution in [0.3, 0.4) is 0 Å². The van der Waals surface area contributed by atoms with Crippen molar-refractivity contribution in [2.24, 2.45) is 0 Å². The van der Waals surface area contributed by atoms with Gasteiger partial charge >= 0.3 is 5.97 Å². The highest BCUT2D eigenvalue weighted by Gasteiger charge is 2.13. The highest BCUT2D eigenvalue weighted by molar-refractivity contribution is 5.82. The fraction of sp³-hybridized carbons (Fsp3) is 0.700. The Bertz CT molecular complexity index is 140. The molecule has 0 aliphatic rings. The van der Waals surface area contributed by atoms with Crippen molar-refractivity contribution in [3.05, 3.63) is 12.2 Å². The van der Waals surface area contributed by atoms with Crippen molar-refractivity contribution in [3.8, 4) is 0 Å². The minimum atomic E-state index is -0.378. The minimum absolute atomic E-state index is 0.282. The normalized spacial score (nSPS) is 10.5. The number of esters is 1. The van der Waals surface area contributed by atoms with Crippen molar-refractivity contribution in [1.29, 1.82) is 0 Å². The van der Waals surface area contributed by atoms with E-state index < -0.39 is 0 Å². The summed E-state index contributed by atoms with van der Waals surface area (Å²) in [7, 11) is 0. The molecule has 0 rings (SSSR count). The van der Waals surface area contributed by atoms with Crippen LogP contribution in [-0.4, -0.2) is 11.6 Å². The van der Waals surface area contributed by atoms with Crippen LogP contribution in [0, 0.1) is 0 Å². The van der Waals surface area contributed by atoms with Gasteiger partial charge in [-0.2, -0.15) is 0 Å². The highest BCUT2D eigenvalue weighted by Crippen LogP contribution is 2.06. The lowest BCUT2D eigenvalue weighted by atomic mass is 10.2. The van der Waals surface area contributed by atoms with E-state index in [0.717, 1.165) is 0 Å². The lowest BCUT2D eigenvalue weighted by molar-refractivity contribution is -0.148. The number of ether oxygens (including phenoxy) is 1. The first-order chi connectivity index (χ1) is 5.45. The highest BCUT2D eigenvalue weighted by atomic mass is 16.6. The van der Waals surface area contributed by atoms with Crippen LogP contribution in [-0.2, 0) is 9.53 Å². The van der Waals surface area contributed by atoms with Crippen molar-refractivity contribution < 1.29 is 9.53 Å². The van der Waals surface area contributed by atoms with Gasteiger partial charge in [-0.15, -0.1) is 0 Å². The van der Waals surface area contributed by atoms with E-state index in [4.69, 9.17) is 4.74 Å². The molecule has 0 heterocycles. The maximum absolute atomic E-state index is 10.7. The van der Waals surface area contributed by atoms with Gasteiger partial charge < -0.3 is 4.74 Å². The third-order valence-electron chi connectivity index (χ3n) is 0.710. The SMILES string of the molecule is C/C=C/C(=O)OC(C)(C)C.CC. The van der Waals surface area contributed by atoms with Crippen LogP contribution < -0.4 is 0 Å². The van der Waals surface area contributed by atoms with Crippen LogP contribution in [0.5, 0.6) is 0 Å². The largest absolute Gasteiger partial charge is 0.457 e. The molecule has 0 atom stereocenters. The molecule has 0 radical (unpaired) electrons. The predicted molar refractivity (Wildman–Crippen MR) is 52.0 cm³/mol. The summed E-state index contributed by atoms with van der Waals surface area (Å²) >= 11 is 0. The van der Waals surface area contributed by atoms with Gasteiger partial charge in [0.2, 0.25) is 0 Å². The molecule has 0 saturated carbocycles. The predicted octanol–water partition coefficient (Wildman–Crippen LogP) is 2.93.